The fourth-order valence-electron chi connectivity index (χ4n) is 4.17. The molecule has 6 bridgehead atoms. The molecule has 0 radical (unpaired) electrons. The lowest BCUT2D eigenvalue weighted by molar-refractivity contribution is 0.481. The van der Waals surface area contributed by atoms with Crippen LogP contribution in [-0.2, 0) is 38.5 Å². The smallest absolute Gasteiger partial charge is 0.135 e. The van der Waals surface area contributed by atoms with Gasteiger partial charge in [0, 0.05) is 16.7 Å². The monoisotopic (exact) mass is 330 g/mol. The van der Waals surface area contributed by atoms with Crippen molar-refractivity contribution in [3.8, 4) is 0 Å². The van der Waals surface area contributed by atoms with Crippen LogP contribution in [-0.4, -0.2) is 0 Å². The Morgan fingerprint density at radius 3 is 1.04 bits per heavy atom. The van der Waals surface area contributed by atoms with Gasteiger partial charge in [-0.1, -0.05) is 18.2 Å². The van der Waals surface area contributed by atoms with Crippen LogP contribution in [0.15, 0.2) is 18.2 Å². The van der Waals surface area contributed by atoms with E-state index in [-0.39, 0.29) is 16.7 Å². The first-order valence-corrected chi connectivity index (χ1v) is 8.92. The Bertz CT molecular complexity index is 654. The van der Waals surface area contributed by atoms with Crippen LogP contribution in [0.5, 0.6) is 0 Å². The third-order valence-electron chi connectivity index (χ3n) is 5.38. The molecule has 0 aromatic heterocycles. The van der Waals surface area contributed by atoms with Crippen molar-refractivity contribution >= 4 is 0 Å². The third-order valence-corrected chi connectivity index (χ3v) is 5.38. The molecule has 0 heterocycles. The van der Waals surface area contributed by atoms with Crippen molar-refractivity contribution in [3.63, 3.8) is 0 Å². The van der Waals surface area contributed by atoms with Crippen molar-refractivity contribution in [1.82, 2.24) is 0 Å². The SMILES string of the molecule is Fc1c2c(F)c3c(F)c1CCCc1cc(cc(c1)CCC3)CCC2. The molecule has 3 heteroatoms. The molecule has 0 saturated carbocycles. The summed E-state index contributed by atoms with van der Waals surface area (Å²) in [5.74, 6) is -1.93. The molecule has 0 atom stereocenters. The number of aryl methyl sites for hydroxylation is 3. The van der Waals surface area contributed by atoms with Crippen LogP contribution in [0, 0.1) is 17.5 Å². The molecular formula is C21H21F3. The van der Waals surface area contributed by atoms with Crippen molar-refractivity contribution in [1.29, 1.82) is 0 Å². The van der Waals surface area contributed by atoms with Gasteiger partial charge in [0.1, 0.15) is 17.5 Å². The molecule has 3 aliphatic rings. The summed E-state index contributed by atoms with van der Waals surface area (Å²) in [7, 11) is 0. The van der Waals surface area contributed by atoms with E-state index in [2.05, 4.69) is 18.2 Å². The Morgan fingerprint density at radius 2 is 0.750 bits per heavy atom. The maximum Gasteiger partial charge on any atom is 0.135 e. The van der Waals surface area contributed by atoms with Crippen LogP contribution in [0.25, 0.3) is 0 Å². The van der Waals surface area contributed by atoms with E-state index in [1.54, 1.807) is 0 Å². The van der Waals surface area contributed by atoms with E-state index in [0.29, 0.717) is 38.5 Å². The van der Waals surface area contributed by atoms with Gasteiger partial charge in [-0.05, 0) is 74.5 Å². The summed E-state index contributed by atoms with van der Waals surface area (Å²) in [6.45, 7) is 0. The van der Waals surface area contributed by atoms with E-state index in [0.717, 1.165) is 19.3 Å². The summed E-state index contributed by atoms with van der Waals surface area (Å²) >= 11 is 0. The molecular weight excluding hydrogens is 309 g/mol. The fourth-order valence-corrected chi connectivity index (χ4v) is 4.17. The summed E-state index contributed by atoms with van der Waals surface area (Å²) in [5.41, 5.74) is 4.06. The van der Waals surface area contributed by atoms with Crippen molar-refractivity contribution in [2.45, 2.75) is 57.8 Å². The number of hydrogen-bond acceptors (Lipinski definition) is 0. The second-order valence-electron chi connectivity index (χ2n) is 7.10. The molecule has 3 aliphatic carbocycles. The van der Waals surface area contributed by atoms with E-state index in [1.165, 1.54) is 16.7 Å². The van der Waals surface area contributed by atoms with Gasteiger partial charge in [-0.25, -0.2) is 13.2 Å². The van der Waals surface area contributed by atoms with Gasteiger partial charge >= 0.3 is 0 Å². The number of rotatable bonds is 0. The number of halogens is 3. The third kappa shape index (κ3) is 2.74. The standard InChI is InChI=1S/C21H21F3/c22-19-16-7-1-4-13-10-14-5-2-8-17(19)21(24)18(20(16)23)9-3-6-15(11-13)12-14/h10-12H,1-9H2. The molecule has 0 aliphatic heterocycles. The molecule has 24 heavy (non-hydrogen) atoms. The molecule has 0 spiro atoms. The van der Waals surface area contributed by atoms with E-state index in [4.69, 9.17) is 0 Å². The van der Waals surface area contributed by atoms with E-state index >= 15 is 0 Å². The molecule has 0 unspecified atom stereocenters. The highest BCUT2D eigenvalue weighted by atomic mass is 19.1. The highest BCUT2D eigenvalue weighted by Crippen LogP contribution is 2.31. The van der Waals surface area contributed by atoms with Gasteiger partial charge in [0.25, 0.3) is 0 Å². The van der Waals surface area contributed by atoms with Crippen LogP contribution in [0.2, 0.25) is 0 Å². The normalized spacial score (nSPS) is 17.1. The first-order chi connectivity index (χ1) is 11.6. The Balaban J connectivity index is 1.90. The minimum absolute atomic E-state index is 0.0962. The molecule has 5 rings (SSSR count). The summed E-state index contributed by atoms with van der Waals surface area (Å²) in [6.07, 6.45) is 5.46. The molecule has 0 nitrogen and oxygen atoms in total. The zero-order chi connectivity index (χ0) is 16.7. The first kappa shape index (κ1) is 15.7. The summed E-state index contributed by atoms with van der Waals surface area (Å²) in [5, 5.41) is 0. The number of benzene rings is 2. The minimum atomic E-state index is -0.643. The van der Waals surface area contributed by atoms with E-state index in [1.807, 2.05) is 0 Å². The van der Waals surface area contributed by atoms with Gasteiger partial charge < -0.3 is 0 Å². The summed E-state index contributed by atoms with van der Waals surface area (Å²) < 4.78 is 44.3. The van der Waals surface area contributed by atoms with Crippen LogP contribution in [0.1, 0.15) is 52.6 Å². The van der Waals surface area contributed by atoms with Gasteiger partial charge in [-0.2, -0.15) is 0 Å². The predicted octanol–water partition coefficient (Wildman–Crippen LogP) is 5.26. The summed E-state index contributed by atoms with van der Waals surface area (Å²) in [6, 6.07) is 6.62. The second kappa shape index (κ2) is 6.27. The number of hydrogen-bond donors (Lipinski definition) is 0. The molecule has 0 fully saturated rings. The van der Waals surface area contributed by atoms with Crippen LogP contribution in [0.4, 0.5) is 13.2 Å². The van der Waals surface area contributed by atoms with Crippen molar-refractivity contribution < 1.29 is 13.2 Å². The van der Waals surface area contributed by atoms with Gasteiger partial charge in [0.05, 0.1) is 0 Å². The largest absolute Gasteiger partial charge is 0.206 e. The second-order valence-corrected chi connectivity index (χ2v) is 7.10. The van der Waals surface area contributed by atoms with E-state index in [9.17, 15) is 13.2 Å². The molecule has 2 aromatic carbocycles. The lowest BCUT2D eigenvalue weighted by Crippen LogP contribution is -2.13. The Morgan fingerprint density at radius 1 is 0.458 bits per heavy atom. The van der Waals surface area contributed by atoms with Gasteiger partial charge in [-0.15, -0.1) is 0 Å². The average molecular weight is 330 g/mol. The Labute approximate surface area is 140 Å². The van der Waals surface area contributed by atoms with Crippen molar-refractivity contribution in [2.24, 2.45) is 0 Å². The van der Waals surface area contributed by atoms with Crippen LogP contribution >= 0.6 is 0 Å². The maximum absolute atomic E-state index is 14.8. The molecule has 126 valence electrons. The van der Waals surface area contributed by atoms with Crippen LogP contribution < -0.4 is 0 Å². The number of fused-ring (bicyclic) bond motifs is 6. The van der Waals surface area contributed by atoms with Gasteiger partial charge in [-0.3, -0.25) is 0 Å². The topological polar surface area (TPSA) is 0 Å². The fraction of sp³-hybridized carbons (Fsp3) is 0.429. The molecule has 0 amide bonds. The lowest BCUT2D eigenvalue weighted by atomic mass is 9.88. The first-order valence-electron chi connectivity index (χ1n) is 8.92. The zero-order valence-electron chi connectivity index (χ0n) is 13.7. The lowest BCUT2D eigenvalue weighted by Gasteiger charge is -2.19. The molecule has 0 N–H and O–H groups in total. The highest BCUT2D eigenvalue weighted by molar-refractivity contribution is 5.38. The molecule has 0 saturated heterocycles. The van der Waals surface area contributed by atoms with Gasteiger partial charge in [0.2, 0.25) is 0 Å². The Kier molecular flexibility index (Phi) is 4.11. The van der Waals surface area contributed by atoms with Crippen molar-refractivity contribution in [3.05, 3.63) is 69.0 Å². The average Bonchev–Trinajstić information content (AvgIpc) is 2.55. The van der Waals surface area contributed by atoms with Crippen molar-refractivity contribution in [2.75, 3.05) is 0 Å². The van der Waals surface area contributed by atoms with Crippen LogP contribution in [0.3, 0.4) is 0 Å². The zero-order valence-corrected chi connectivity index (χ0v) is 13.7. The van der Waals surface area contributed by atoms with Gasteiger partial charge in [0.15, 0.2) is 0 Å². The molecule has 2 aromatic rings. The quantitative estimate of drug-likeness (QED) is 0.618. The maximum atomic E-state index is 14.8. The predicted molar refractivity (Wildman–Crippen MR) is 88.8 cm³/mol. The highest BCUT2D eigenvalue weighted by Gasteiger charge is 2.25. The van der Waals surface area contributed by atoms with E-state index < -0.39 is 17.5 Å². The Hall–Kier alpha value is -1.77. The minimum Gasteiger partial charge on any atom is -0.206 e. The summed E-state index contributed by atoms with van der Waals surface area (Å²) in [4.78, 5) is 0.